The first-order chi connectivity index (χ1) is 15.7. The number of phenols is 3. The summed E-state index contributed by atoms with van der Waals surface area (Å²) < 4.78 is 16.1. The molecule has 0 aromatic heterocycles. The predicted molar refractivity (Wildman–Crippen MR) is 111 cm³/mol. The van der Waals surface area contributed by atoms with E-state index < -0.39 is 54.1 Å². The summed E-state index contributed by atoms with van der Waals surface area (Å²) in [7, 11) is 0. The molecule has 1 fully saturated rings. The molecule has 1 aliphatic heterocycles. The minimum Gasteiger partial charge on any atom is -0.504 e. The van der Waals surface area contributed by atoms with E-state index in [0.29, 0.717) is 12.0 Å². The molecular formula is C22H26O11. The summed E-state index contributed by atoms with van der Waals surface area (Å²) in [5.41, 5.74) is 0.0826. The normalized spacial score (nSPS) is 24.9. The summed E-state index contributed by atoms with van der Waals surface area (Å²) in [6.45, 7) is 1.38. The van der Waals surface area contributed by atoms with Crippen LogP contribution >= 0.6 is 0 Å². The van der Waals surface area contributed by atoms with Crippen LogP contribution in [-0.4, -0.2) is 72.6 Å². The Hall–Kier alpha value is -3.09. The molecule has 0 unspecified atom stereocenters. The van der Waals surface area contributed by atoms with E-state index in [1.165, 1.54) is 6.07 Å². The lowest BCUT2D eigenvalue weighted by molar-refractivity contribution is -0.319. The van der Waals surface area contributed by atoms with Crippen molar-refractivity contribution in [2.75, 3.05) is 0 Å². The Morgan fingerprint density at radius 2 is 1.67 bits per heavy atom. The van der Waals surface area contributed by atoms with E-state index in [1.807, 2.05) is 0 Å². The Morgan fingerprint density at radius 1 is 1.00 bits per heavy atom. The lowest BCUT2D eigenvalue weighted by Gasteiger charge is -2.39. The molecule has 0 saturated carbocycles. The Bertz CT molecular complexity index is 993. The minimum atomic E-state index is -1.86. The molecule has 5 atom stereocenters. The zero-order valence-electron chi connectivity index (χ0n) is 17.7. The molecule has 1 saturated heterocycles. The van der Waals surface area contributed by atoms with E-state index in [1.54, 1.807) is 25.1 Å². The highest BCUT2D eigenvalue weighted by Crippen LogP contribution is 2.40. The van der Waals surface area contributed by atoms with Gasteiger partial charge in [-0.15, -0.1) is 0 Å². The molecule has 2 aromatic carbocycles. The summed E-state index contributed by atoms with van der Waals surface area (Å²) in [6, 6.07) is 7.20. The largest absolute Gasteiger partial charge is 0.504 e. The highest BCUT2D eigenvalue weighted by Gasteiger charge is 2.47. The summed E-state index contributed by atoms with van der Waals surface area (Å²) in [6.07, 6.45) is -8.14. The molecule has 1 heterocycles. The van der Waals surface area contributed by atoms with Gasteiger partial charge in [-0.1, -0.05) is 31.5 Å². The SMILES string of the molecule is CCCc1c(C(=O)O[C@H]2O[C@@H](Oc3ccccc3CO)[C@H](O)[C@@H](O)[C@@H]2O)cc(O)c(O)c1O. The quantitative estimate of drug-likeness (QED) is 0.219. The molecule has 7 N–H and O–H groups in total. The second-order valence-corrected chi connectivity index (χ2v) is 7.50. The first-order valence-corrected chi connectivity index (χ1v) is 10.2. The van der Waals surface area contributed by atoms with Gasteiger partial charge in [-0.05, 0) is 18.6 Å². The molecule has 33 heavy (non-hydrogen) atoms. The van der Waals surface area contributed by atoms with Gasteiger partial charge in [0.05, 0.1) is 12.2 Å². The number of rotatable bonds is 7. The minimum absolute atomic E-state index is 0.00774. The average Bonchev–Trinajstić information content (AvgIpc) is 2.81. The summed E-state index contributed by atoms with van der Waals surface area (Å²) in [4.78, 5) is 12.8. The second-order valence-electron chi connectivity index (χ2n) is 7.50. The fraction of sp³-hybridized carbons (Fsp3) is 0.409. The van der Waals surface area contributed by atoms with Crippen LogP contribution in [0.1, 0.15) is 34.8 Å². The van der Waals surface area contributed by atoms with Crippen molar-refractivity contribution in [2.45, 2.75) is 57.3 Å². The standard InChI is InChI=1S/C22H26O11/c1-2-5-11-12(8-13(24)16(26)15(11)25)20(30)32-22-19(29)17(27)18(28)21(33-22)31-14-7-4-3-6-10(14)9-23/h3-4,6-8,17-19,21-29H,2,5,9H2,1H3/t17-,18-,19+,21-,22+/m1/s1. The number of benzene rings is 2. The number of esters is 1. The number of carbonyl (C=O) groups is 1. The van der Waals surface area contributed by atoms with E-state index in [0.717, 1.165) is 6.07 Å². The number of aliphatic hydroxyl groups excluding tert-OH is 4. The molecular weight excluding hydrogens is 440 g/mol. The molecule has 180 valence electrons. The number of carbonyl (C=O) groups excluding carboxylic acids is 1. The third-order valence-corrected chi connectivity index (χ3v) is 5.21. The number of para-hydroxylation sites is 1. The van der Waals surface area contributed by atoms with Gasteiger partial charge >= 0.3 is 5.97 Å². The average molecular weight is 466 g/mol. The van der Waals surface area contributed by atoms with Crippen molar-refractivity contribution in [3.8, 4) is 23.0 Å². The van der Waals surface area contributed by atoms with Crippen LogP contribution in [0.4, 0.5) is 0 Å². The van der Waals surface area contributed by atoms with Crippen LogP contribution in [0, 0.1) is 0 Å². The van der Waals surface area contributed by atoms with Gasteiger partial charge in [0.2, 0.25) is 18.3 Å². The second kappa shape index (κ2) is 10.2. The monoisotopic (exact) mass is 466 g/mol. The van der Waals surface area contributed by atoms with Crippen molar-refractivity contribution < 1.29 is 54.8 Å². The highest BCUT2D eigenvalue weighted by atomic mass is 16.8. The van der Waals surface area contributed by atoms with Crippen LogP contribution in [0.3, 0.4) is 0 Å². The fourth-order valence-electron chi connectivity index (χ4n) is 3.42. The van der Waals surface area contributed by atoms with Gasteiger partial charge in [0.15, 0.2) is 11.5 Å². The molecule has 3 rings (SSSR count). The van der Waals surface area contributed by atoms with Gasteiger partial charge in [-0.2, -0.15) is 0 Å². The Morgan fingerprint density at radius 3 is 2.33 bits per heavy atom. The van der Waals surface area contributed by atoms with Gasteiger partial charge in [-0.25, -0.2) is 4.79 Å². The smallest absolute Gasteiger partial charge is 0.341 e. The van der Waals surface area contributed by atoms with Crippen LogP contribution in [0.25, 0.3) is 0 Å². The molecule has 2 aromatic rings. The number of phenolic OH excluding ortho intramolecular Hbond substituents is 3. The molecule has 1 aliphatic rings. The van der Waals surface area contributed by atoms with Crippen LogP contribution < -0.4 is 4.74 Å². The van der Waals surface area contributed by atoms with E-state index in [4.69, 9.17) is 14.2 Å². The molecule has 0 aliphatic carbocycles. The van der Waals surface area contributed by atoms with Crippen LogP contribution in [0.5, 0.6) is 23.0 Å². The number of hydrogen-bond acceptors (Lipinski definition) is 11. The fourth-order valence-corrected chi connectivity index (χ4v) is 3.42. The third-order valence-electron chi connectivity index (χ3n) is 5.21. The van der Waals surface area contributed by atoms with Crippen molar-refractivity contribution in [2.24, 2.45) is 0 Å². The Kier molecular flexibility index (Phi) is 7.61. The maximum Gasteiger partial charge on any atom is 0.341 e. The zero-order valence-corrected chi connectivity index (χ0v) is 17.7. The maximum atomic E-state index is 12.8. The lowest BCUT2D eigenvalue weighted by atomic mass is 10.0. The van der Waals surface area contributed by atoms with Crippen LogP contribution in [0.2, 0.25) is 0 Å². The molecule has 11 nitrogen and oxygen atoms in total. The third kappa shape index (κ3) is 4.97. The molecule has 11 heteroatoms. The summed E-state index contributed by atoms with van der Waals surface area (Å²) >= 11 is 0. The van der Waals surface area contributed by atoms with Gasteiger partial charge in [-0.3, -0.25) is 4.74 Å². The van der Waals surface area contributed by atoms with Crippen molar-refractivity contribution >= 4 is 5.97 Å². The van der Waals surface area contributed by atoms with E-state index in [2.05, 4.69) is 0 Å². The van der Waals surface area contributed by atoms with Gasteiger partial charge in [0.25, 0.3) is 0 Å². The van der Waals surface area contributed by atoms with Gasteiger partial charge < -0.3 is 45.2 Å². The predicted octanol–water partition coefficient (Wildman–Crippen LogP) is 0.249. The van der Waals surface area contributed by atoms with Gasteiger partial charge in [0, 0.05) is 11.1 Å². The Labute approximate surface area is 188 Å². The number of ether oxygens (including phenoxy) is 3. The first kappa shape index (κ1) is 24.6. The van der Waals surface area contributed by atoms with E-state index in [9.17, 15) is 40.5 Å². The maximum absolute atomic E-state index is 12.8. The number of aliphatic hydroxyl groups is 4. The Balaban J connectivity index is 1.85. The van der Waals surface area contributed by atoms with Crippen LogP contribution in [-0.2, 0) is 22.5 Å². The topological polar surface area (TPSA) is 186 Å². The van der Waals surface area contributed by atoms with Gasteiger partial charge in [0.1, 0.15) is 24.1 Å². The zero-order chi connectivity index (χ0) is 24.3. The summed E-state index contributed by atoms with van der Waals surface area (Å²) in [5, 5.41) is 69.9. The van der Waals surface area contributed by atoms with Crippen LogP contribution in [0.15, 0.2) is 30.3 Å². The summed E-state index contributed by atoms with van der Waals surface area (Å²) in [5.74, 6) is -3.24. The van der Waals surface area contributed by atoms with Crippen molar-refractivity contribution in [1.82, 2.24) is 0 Å². The molecule has 0 bridgehead atoms. The molecule has 0 radical (unpaired) electrons. The van der Waals surface area contributed by atoms with Crippen molar-refractivity contribution in [3.05, 3.63) is 47.0 Å². The first-order valence-electron chi connectivity index (χ1n) is 10.2. The highest BCUT2D eigenvalue weighted by molar-refractivity contribution is 5.93. The van der Waals surface area contributed by atoms with E-state index >= 15 is 0 Å². The number of hydrogen-bond donors (Lipinski definition) is 7. The number of aromatic hydroxyl groups is 3. The molecule has 0 amide bonds. The van der Waals surface area contributed by atoms with Crippen molar-refractivity contribution in [3.63, 3.8) is 0 Å². The molecule has 0 spiro atoms. The van der Waals surface area contributed by atoms with Crippen molar-refractivity contribution in [1.29, 1.82) is 0 Å². The van der Waals surface area contributed by atoms with E-state index in [-0.39, 0.29) is 29.9 Å². The lowest BCUT2D eigenvalue weighted by Crippen LogP contribution is -2.60.